The second-order valence-electron chi connectivity index (χ2n) is 7.46. The summed E-state index contributed by atoms with van der Waals surface area (Å²) in [6.07, 6.45) is 1.72. The quantitative estimate of drug-likeness (QED) is 0.207. The molecular weight excluding hydrogens is 565 g/mol. The molecule has 1 heterocycles. The number of aromatic nitrogens is 3. The highest BCUT2D eigenvalue weighted by molar-refractivity contribution is 14.1. The van der Waals surface area contributed by atoms with Crippen LogP contribution in [0.2, 0.25) is 0 Å². The van der Waals surface area contributed by atoms with Gasteiger partial charge in [0.15, 0.2) is 11.0 Å². The lowest BCUT2D eigenvalue weighted by Crippen LogP contribution is -2.24. The zero-order valence-corrected chi connectivity index (χ0v) is 22.2. The zero-order chi connectivity index (χ0) is 24.7. The van der Waals surface area contributed by atoms with Crippen LogP contribution in [-0.4, -0.2) is 39.4 Å². The Balaban J connectivity index is 1.62. The van der Waals surface area contributed by atoms with E-state index in [4.69, 9.17) is 4.74 Å². The van der Waals surface area contributed by atoms with E-state index < -0.39 is 0 Å². The van der Waals surface area contributed by atoms with Gasteiger partial charge in [-0.05, 0) is 84.0 Å². The van der Waals surface area contributed by atoms with Gasteiger partial charge in [-0.2, -0.15) is 0 Å². The van der Waals surface area contributed by atoms with Crippen molar-refractivity contribution in [1.82, 2.24) is 20.1 Å². The topological polar surface area (TPSA) is 98.1 Å². The molecule has 10 heteroatoms. The van der Waals surface area contributed by atoms with Gasteiger partial charge in [-0.3, -0.25) is 9.59 Å². The Morgan fingerprint density at radius 2 is 1.85 bits per heavy atom. The third-order valence-electron chi connectivity index (χ3n) is 4.96. The average molecular weight is 591 g/mol. The largest absolute Gasteiger partial charge is 0.497 e. The maximum Gasteiger partial charge on any atom is 0.251 e. The molecule has 0 saturated heterocycles. The summed E-state index contributed by atoms with van der Waals surface area (Å²) < 4.78 is 8.08. The Morgan fingerprint density at radius 1 is 1.18 bits per heavy atom. The fourth-order valence-electron chi connectivity index (χ4n) is 3.29. The summed E-state index contributed by atoms with van der Waals surface area (Å²) in [6, 6.07) is 10.9. The standard InChI is InChI=1S/C24H26IN5O3S/c1-5-10-30-20(13-26-23(32)17-6-8-19(33-4)9-7-17)28-29-24(30)34-14-21(31)27-22-15(2)11-18(25)12-16(22)3/h5-9,11-12H,1,10,13-14H2,2-4H3,(H,26,32)(H,27,31). The minimum absolute atomic E-state index is 0.125. The number of benzene rings is 2. The van der Waals surface area contributed by atoms with Crippen molar-refractivity contribution >= 4 is 51.9 Å². The van der Waals surface area contributed by atoms with Crippen molar-refractivity contribution in [2.75, 3.05) is 18.2 Å². The highest BCUT2D eigenvalue weighted by Gasteiger charge is 2.16. The van der Waals surface area contributed by atoms with Gasteiger partial charge < -0.3 is 19.9 Å². The predicted molar refractivity (Wildman–Crippen MR) is 142 cm³/mol. The first kappa shape index (κ1) is 25.8. The maximum atomic E-state index is 12.6. The van der Waals surface area contributed by atoms with E-state index in [0.717, 1.165) is 20.4 Å². The van der Waals surface area contributed by atoms with Crippen LogP contribution in [0.4, 0.5) is 5.69 Å². The lowest BCUT2D eigenvalue weighted by Gasteiger charge is -2.12. The highest BCUT2D eigenvalue weighted by atomic mass is 127. The molecule has 2 aromatic carbocycles. The molecule has 0 bridgehead atoms. The average Bonchev–Trinajstić information content (AvgIpc) is 3.20. The van der Waals surface area contributed by atoms with E-state index in [9.17, 15) is 9.59 Å². The number of methoxy groups -OCH3 is 1. The Hall–Kier alpha value is -2.86. The smallest absolute Gasteiger partial charge is 0.251 e. The molecule has 0 fully saturated rings. The van der Waals surface area contributed by atoms with Gasteiger partial charge in [0, 0.05) is 21.4 Å². The second kappa shape index (κ2) is 12.0. The number of carbonyl (C=O) groups excluding carboxylic acids is 2. The first-order chi connectivity index (χ1) is 16.3. The third kappa shape index (κ3) is 6.60. The fraction of sp³-hybridized carbons (Fsp3) is 0.250. The normalized spacial score (nSPS) is 10.6. The minimum Gasteiger partial charge on any atom is -0.497 e. The summed E-state index contributed by atoms with van der Waals surface area (Å²) >= 11 is 3.55. The van der Waals surface area contributed by atoms with E-state index >= 15 is 0 Å². The number of ether oxygens (including phenoxy) is 1. The van der Waals surface area contributed by atoms with Crippen LogP contribution >= 0.6 is 34.4 Å². The molecule has 0 atom stereocenters. The SMILES string of the molecule is C=CCn1c(CNC(=O)c2ccc(OC)cc2)nnc1SCC(=O)Nc1c(C)cc(I)cc1C. The molecule has 0 aliphatic heterocycles. The summed E-state index contributed by atoms with van der Waals surface area (Å²) in [4.78, 5) is 25.1. The van der Waals surface area contributed by atoms with E-state index in [0.29, 0.717) is 28.8 Å². The van der Waals surface area contributed by atoms with Crippen LogP contribution in [0.1, 0.15) is 27.3 Å². The fourth-order valence-corrected chi connectivity index (χ4v) is 4.99. The van der Waals surface area contributed by atoms with Crippen molar-refractivity contribution in [3.63, 3.8) is 0 Å². The number of allylic oxidation sites excluding steroid dienone is 1. The maximum absolute atomic E-state index is 12.6. The van der Waals surface area contributed by atoms with E-state index in [1.165, 1.54) is 11.8 Å². The van der Waals surface area contributed by atoms with Gasteiger partial charge in [0.2, 0.25) is 5.91 Å². The Labute approximate surface area is 216 Å². The van der Waals surface area contributed by atoms with Gasteiger partial charge in [-0.15, -0.1) is 16.8 Å². The molecular formula is C24H26IN5O3S. The third-order valence-corrected chi connectivity index (χ3v) is 6.55. The lowest BCUT2D eigenvalue weighted by atomic mass is 10.1. The second-order valence-corrected chi connectivity index (χ2v) is 9.65. The van der Waals surface area contributed by atoms with Gasteiger partial charge in [-0.1, -0.05) is 17.8 Å². The molecule has 0 saturated carbocycles. The summed E-state index contributed by atoms with van der Waals surface area (Å²) in [5, 5.41) is 14.8. The Kier molecular flexibility index (Phi) is 9.11. The summed E-state index contributed by atoms with van der Waals surface area (Å²) in [7, 11) is 1.57. The molecule has 1 aromatic heterocycles. The van der Waals surface area contributed by atoms with Crippen molar-refractivity contribution in [2.24, 2.45) is 0 Å². The molecule has 178 valence electrons. The van der Waals surface area contributed by atoms with E-state index in [1.807, 2.05) is 30.5 Å². The number of nitrogens with zero attached hydrogens (tertiary/aromatic N) is 3. The number of nitrogens with one attached hydrogen (secondary N) is 2. The minimum atomic E-state index is -0.229. The number of aryl methyl sites for hydroxylation is 2. The molecule has 2 N–H and O–H groups in total. The van der Waals surface area contributed by atoms with Gasteiger partial charge in [-0.25, -0.2) is 0 Å². The van der Waals surface area contributed by atoms with Crippen LogP contribution in [0.5, 0.6) is 5.75 Å². The molecule has 0 unspecified atom stereocenters. The molecule has 3 aromatic rings. The molecule has 0 aliphatic rings. The molecule has 34 heavy (non-hydrogen) atoms. The number of carbonyl (C=O) groups is 2. The number of rotatable bonds is 10. The number of halogens is 1. The molecule has 3 rings (SSSR count). The van der Waals surface area contributed by atoms with Crippen molar-refractivity contribution in [3.05, 3.63) is 75.1 Å². The Bertz CT molecular complexity index is 1170. The molecule has 8 nitrogen and oxygen atoms in total. The van der Waals surface area contributed by atoms with Crippen LogP contribution in [0.3, 0.4) is 0 Å². The number of hydrogen-bond acceptors (Lipinski definition) is 6. The molecule has 0 spiro atoms. The highest BCUT2D eigenvalue weighted by Crippen LogP contribution is 2.24. The summed E-state index contributed by atoms with van der Waals surface area (Å²) in [5.41, 5.74) is 3.39. The predicted octanol–water partition coefficient (Wildman–Crippen LogP) is 4.35. The number of thioether (sulfide) groups is 1. The van der Waals surface area contributed by atoms with Crippen LogP contribution in [0.15, 0.2) is 54.2 Å². The van der Waals surface area contributed by atoms with Crippen LogP contribution in [0, 0.1) is 17.4 Å². The molecule has 0 radical (unpaired) electrons. The van der Waals surface area contributed by atoms with Crippen LogP contribution < -0.4 is 15.4 Å². The first-order valence-electron chi connectivity index (χ1n) is 10.5. The van der Waals surface area contributed by atoms with Gasteiger partial charge >= 0.3 is 0 Å². The first-order valence-corrected chi connectivity index (χ1v) is 12.5. The number of hydrogen-bond donors (Lipinski definition) is 2. The monoisotopic (exact) mass is 591 g/mol. The van der Waals surface area contributed by atoms with Crippen LogP contribution in [0.25, 0.3) is 0 Å². The number of amides is 2. The van der Waals surface area contributed by atoms with Gasteiger partial charge in [0.05, 0.1) is 19.4 Å². The van der Waals surface area contributed by atoms with Crippen molar-refractivity contribution < 1.29 is 14.3 Å². The van der Waals surface area contributed by atoms with E-state index in [2.05, 4.69) is 50.0 Å². The van der Waals surface area contributed by atoms with Crippen LogP contribution in [-0.2, 0) is 17.9 Å². The summed E-state index contributed by atoms with van der Waals surface area (Å²) in [5.74, 6) is 1.08. The zero-order valence-electron chi connectivity index (χ0n) is 19.2. The molecule has 2 amide bonds. The van der Waals surface area contributed by atoms with Gasteiger partial charge in [0.25, 0.3) is 5.91 Å². The van der Waals surface area contributed by atoms with Crippen molar-refractivity contribution in [2.45, 2.75) is 32.1 Å². The van der Waals surface area contributed by atoms with E-state index in [1.54, 1.807) is 37.5 Å². The number of anilines is 1. The lowest BCUT2D eigenvalue weighted by molar-refractivity contribution is -0.113. The van der Waals surface area contributed by atoms with Crippen molar-refractivity contribution in [1.29, 1.82) is 0 Å². The Morgan fingerprint density at radius 3 is 2.47 bits per heavy atom. The molecule has 0 aliphatic carbocycles. The van der Waals surface area contributed by atoms with Crippen molar-refractivity contribution in [3.8, 4) is 5.75 Å². The van der Waals surface area contributed by atoms with E-state index in [-0.39, 0.29) is 24.1 Å². The van der Waals surface area contributed by atoms with Gasteiger partial charge in [0.1, 0.15) is 5.75 Å². The summed E-state index contributed by atoms with van der Waals surface area (Å²) in [6.45, 7) is 8.40.